The molecule has 2 aliphatic heterocycles. The zero-order valence-electron chi connectivity index (χ0n) is 10.2. The lowest BCUT2D eigenvalue weighted by Gasteiger charge is -2.23. The van der Waals surface area contributed by atoms with Crippen LogP contribution in [0.3, 0.4) is 0 Å². The fraction of sp³-hybridized carbons (Fsp3) is 0.917. The normalized spacial score (nSPS) is 26.6. The summed E-state index contributed by atoms with van der Waals surface area (Å²) in [5.41, 5.74) is 0. The average Bonchev–Trinajstić information content (AvgIpc) is 2.94. The molecular formula is C12H23N3O. The van der Waals surface area contributed by atoms with Crippen molar-refractivity contribution in [3.63, 3.8) is 0 Å². The Labute approximate surface area is 98.0 Å². The summed E-state index contributed by atoms with van der Waals surface area (Å²) in [7, 11) is 0. The third kappa shape index (κ3) is 2.74. The minimum atomic E-state index is 0.267. The largest absolute Gasteiger partial charge is 0.340 e. The lowest BCUT2D eigenvalue weighted by Crippen LogP contribution is -2.40. The molecule has 2 aliphatic rings. The second kappa shape index (κ2) is 5.64. The first-order valence-electron chi connectivity index (χ1n) is 6.54. The third-order valence-corrected chi connectivity index (χ3v) is 3.70. The summed E-state index contributed by atoms with van der Waals surface area (Å²) in [6.07, 6.45) is 3.83. The molecule has 0 aromatic heterocycles. The van der Waals surface area contributed by atoms with E-state index in [1.165, 1.54) is 25.9 Å². The van der Waals surface area contributed by atoms with Crippen molar-refractivity contribution < 1.29 is 4.79 Å². The smallest absolute Gasteiger partial charge is 0.236 e. The molecule has 0 spiro atoms. The van der Waals surface area contributed by atoms with Crippen LogP contribution in [0.2, 0.25) is 0 Å². The van der Waals surface area contributed by atoms with E-state index in [0.717, 1.165) is 26.1 Å². The minimum absolute atomic E-state index is 0.267. The molecule has 92 valence electrons. The van der Waals surface area contributed by atoms with E-state index in [9.17, 15) is 4.79 Å². The highest BCUT2D eigenvalue weighted by molar-refractivity contribution is 5.78. The van der Waals surface area contributed by atoms with E-state index in [1.54, 1.807) is 0 Å². The monoisotopic (exact) mass is 225 g/mol. The number of nitrogens with one attached hydrogen (secondary N) is 1. The van der Waals surface area contributed by atoms with Crippen LogP contribution >= 0.6 is 0 Å². The highest BCUT2D eigenvalue weighted by Crippen LogP contribution is 2.20. The van der Waals surface area contributed by atoms with Crippen LogP contribution in [0, 0.1) is 0 Å². The zero-order valence-corrected chi connectivity index (χ0v) is 10.2. The number of likely N-dealkylation sites (N-methyl/N-ethyl adjacent to an activating group) is 1. The van der Waals surface area contributed by atoms with Gasteiger partial charge in [-0.15, -0.1) is 0 Å². The molecule has 0 saturated carbocycles. The van der Waals surface area contributed by atoms with E-state index in [1.807, 2.05) is 11.8 Å². The van der Waals surface area contributed by atoms with Gasteiger partial charge in [0, 0.05) is 19.1 Å². The Hall–Kier alpha value is -0.610. The van der Waals surface area contributed by atoms with E-state index in [0.29, 0.717) is 12.6 Å². The summed E-state index contributed by atoms with van der Waals surface area (Å²) in [5, 5.41) is 3.10. The summed E-state index contributed by atoms with van der Waals surface area (Å²) >= 11 is 0. The number of amides is 1. The Bertz CT molecular complexity index is 238. The first kappa shape index (κ1) is 11.9. The molecule has 1 unspecified atom stereocenters. The lowest BCUT2D eigenvalue weighted by atomic mass is 10.2. The number of hydrogen-bond acceptors (Lipinski definition) is 3. The SMILES string of the molecule is CCNCC(=O)N1CCC(N2CCCC2)C1. The summed E-state index contributed by atoms with van der Waals surface area (Å²) < 4.78 is 0. The molecule has 1 N–H and O–H groups in total. The van der Waals surface area contributed by atoms with Crippen molar-refractivity contribution in [2.24, 2.45) is 0 Å². The molecule has 4 nitrogen and oxygen atoms in total. The quantitative estimate of drug-likeness (QED) is 0.747. The zero-order chi connectivity index (χ0) is 11.4. The summed E-state index contributed by atoms with van der Waals surface area (Å²) in [5.74, 6) is 0.267. The molecule has 2 fully saturated rings. The number of carbonyl (C=O) groups is 1. The van der Waals surface area contributed by atoms with Gasteiger partial charge in [-0.3, -0.25) is 9.69 Å². The van der Waals surface area contributed by atoms with E-state index in [4.69, 9.17) is 0 Å². The van der Waals surface area contributed by atoms with Gasteiger partial charge in [-0.25, -0.2) is 0 Å². The standard InChI is InChI=1S/C12H23N3O/c1-2-13-9-12(16)15-8-5-11(10-15)14-6-3-4-7-14/h11,13H,2-10H2,1H3. The van der Waals surface area contributed by atoms with Gasteiger partial charge >= 0.3 is 0 Å². The average molecular weight is 225 g/mol. The molecule has 0 aromatic rings. The molecule has 2 heterocycles. The van der Waals surface area contributed by atoms with Crippen LogP contribution in [0.1, 0.15) is 26.2 Å². The minimum Gasteiger partial charge on any atom is -0.340 e. The Morgan fingerprint density at radius 2 is 2.06 bits per heavy atom. The first-order valence-corrected chi connectivity index (χ1v) is 6.54. The topological polar surface area (TPSA) is 35.6 Å². The van der Waals surface area contributed by atoms with Crippen molar-refractivity contribution in [3.8, 4) is 0 Å². The van der Waals surface area contributed by atoms with Crippen LogP contribution in [0.5, 0.6) is 0 Å². The van der Waals surface area contributed by atoms with Crippen molar-refractivity contribution in [1.29, 1.82) is 0 Å². The first-order chi connectivity index (χ1) is 7.81. The highest BCUT2D eigenvalue weighted by atomic mass is 16.2. The second-order valence-corrected chi connectivity index (χ2v) is 4.81. The maximum Gasteiger partial charge on any atom is 0.236 e. The van der Waals surface area contributed by atoms with Gasteiger partial charge in [-0.05, 0) is 38.9 Å². The number of rotatable bonds is 4. The molecule has 1 atom stereocenters. The van der Waals surface area contributed by atoms with Crippen molar-refractivity contribution >= 4 is 5.91 Å². The van der Waals surface area contributed by atoms with Gasteiger partial charge in [0.05, 0.1) is 6.54 Å². The van der Waals surface area contributed by atoms with Crippen LogP contribution in [0.4, 0.5) is 0 Å². The molecule has 0 bridgehead atoms. The number of hydrogen-bond donors (Lipinski definition) is 1. The lowest BCUT2D eigenvalue weighted by molar-refractivity contribution is -0.129. The molecular weight excluding hydrogens is 202 g/mol. The van der Waals surface area contributed by atoms with Crippen molar-refractivity contribution in [3.05, 3.63) is 0 Å². The van der Waals surface area contributed by atoms with Crippen LogP contribution in [0.15, 0.2) is 0 Å². The Kier molecular flexibility index (Phi) is 4.18. The summed E-state index contributed by atoms with van der Waals surface area (Å²) in [6.45, 7) is 7.78. The third-order valence-electron chi connectivity index (χ3n) is 3.70. The Morgan fingerprint density at radius 3 is 2.75 bits per heavy atom. The second-order valence-electron chi connectivity index (χ2n) is 4.81. The van der Waals surface area contributed by atoms with E-state index in [-0.39, 0.29) is 5.91 Å². The number of likely N-dealkylation sites (tertiary alicyclic amines) is 2. The summed E-state index contributed by atoms with van der Waals surface area (Å²) in [4.78, 5) is 16.4. The van der Waals surface area contributed by atoms with Crippen LogP contribution in [0.25, 0.3) is 0 Å². The molecule has 2 rings (SSSR count). The molecule has 4 heteroatoms. The predicted molar refractivity (Wildman–Crippen MR) is 64.3 cm³/mol. The fourth-order valence-corrected chi connectivity index (χ4v) is 2.72. The van der Waals surface area contributed by atoms with E-state index in [2.05, 4.69) is 10.2 Å². The van der Waals surface area contributed by atoms with Crippen molar-refractivity contribution in [1.82, 2.24) is 15.1 Å². The highest BCUT2D eigenvalue weighted by Gasteiger charge is 2.30. The van der Waals surface area contributed by atoms with Gasteiger partial charge in [0.1, 0.15) is 0 Å². The van der Waals surface area contributed by atoms with Crippen LogP contribution in [-0.4, -0.2) is 61.0 Å². The predicted octanol–water partition coefficient (Wildman–Crippen LogP) is 0.293. The van der Waals surface area contributed by atoms with Gasteiger partial charge in [-0.1, -0.05) is 6.92 Å². The van der Waals surface area contributed by atoms with Crippen LogP contribution < -0.4 is 5.32 Å². The van der Waals surface area contributed by atoms with Gasteiger partial charge in [0.15, 0.2) is 0 Å². The van der Waals surface area contributed by atoms with Gasteiger partial charge in [-0.2, -0.15) is 0 Å². The van der Waals surface area contributed by atoms with Gasteiger partial charge in [0.2, 0.25) is 5.91 Å². The van der Waals surface area contributed by atoms with Crippen molar-refractivity contribution in [2.45, 2.75) is 32.2 Å². The maximum atomic E-state index is 11.8. The fourth-order valence-electron chi connectivity index (χ4n) is 2.72. The van der Waals surface area contributed by atoms with Crippen LogP contribution in [-0.2, 0) is 4.79 Å². The number of nitrogens with zero attached hydrogens (tertiary/aromatic N) is 2. The van der Waals surface area contributed by atoms with E-state index < -0.39 is 0 Å². The van der Waals surface area contributed by atoms with Gasteiger partial charge < -0.3 is 10.2 Å². The van der Waals surface area contributed by atoms with E-state index >= 15 is 0 Å². The maximum absolute atomic E-state index is 11.8. The number of carbonyl (C=O) groups excluding carboxylic acids is 1. The summed E-state index contributed by atoms with van der Waals surface area (Å²) in [6, 6.07) is 0.632. The van der Waals surface area contributed by atoms with Crippen molar-refractivity contribution in [2.75, 3.05) is 39.3 Å². The Morgan fingerprint density at radius 1 is 1.31 bits per heavy atom. The molecule has 0 radical (unpaired) electrons. The molecule has 0 aliphatic carbocycles. The van der Waals surface area contributed by atoms with Gasteiger partial charge in [0.25, 0.3) is 0 Å². The molecule has 0 aromatic carbocycles. The molecule has 16 heavy (non-hydrogen) atoms. The molecule has 1 amide bonds. The molecule has 2 saturated heterocycles. The Balaban J connectivity index is 1.76.